The predicted octanol–water partition coefficient (Wildman–Crippen LogP) is 1.55. The van der Waals surface area contributed by atoms with E-state index in [0.717, 1.165) is 0 Å². The molecule has 1 aliphatic rings. The molecular weight excluding hydrogens is 284 g/mol. The van der Waals surface area contributed by atoms with E-state index in [1.165, 1.54) is 0 Å². The molecule has 4 unspecified atom stereocenters. The fourth-order valence-corrected chi connectivity index (χ4v) is 1.70. The van der Waals surface area contributed by atoms with Gasteiger partial charge in [0.05, 0.1) is 0 Å². The zero-order chi connectivity index (χ0) is 15.4. The fourth-order valence-electron chi connectivity index (χ4n) is 1.70. The molecule has 0 N–H and O–H groups in total. The van der Waals surface area contributed by atoms with Crippen LogP contribution in [0.3, 0.4) is 0 Å². The van der Waals surface area contributed by atoms with Gasteiger partial charge in [0.15, 0.2) is 36.9 Å². The number of carbonyl (C=O) groups excluding carboxylic acids is 2. The molecule has 0 heterocycles. The van der Waals surface area contributed by atoms with Crippen LogP contribution in [0.25, 0.3) is 0 Å². The summed E-state index contributed by atoms with van der Waals surface area (Å²) in [6.07, 6.45) is -14.0. The molecule has 0 bridgehead atoms. The standard InChI is InChI=1S/C12H12F4O4/c1-3-5(17)19-11-8(14)7(13)9(15)12(10(11)16)20-6(18)4-2/h3-4,7-12H,1-2H2. The second-order valence-electron chi connectivity index (χ2n) is 3.99. The zero-order valence-corrected chi connectivity index (χ0v) is 10.2. The molecule has 0 radical (unpaired) electrons. The van der Waals surface area contributed by atoms with Crippen LogP contribution in [0.2, 0.25) is 0 Å². The third-order valence-electron chi connectivity index (χ3n) is 2.70. The SMILES string of the molecule is C=CC(=O)OC1C(F)C(F)C(F)C(OC(=O)C=C)C1F. The van der Waals surface area contributed by atoms with Crippen molar-refractivity contribution in [3.63, 3.8) is 0 Å². The number of alkyl halides is 4. The van der Waals surface area contributed by atoms with Gasteiger partial charge in [0, 0.05) is 12.2 Å². The van der Waals surface area contributed by atoms with Crippen LogP contribution in [-0.4, -0.2) is 48.8 Å². The second-order valence-corrected chi connectivity index (χ2v) is 3.99. The lowest BCUT2D eigenvalue weighted by molar-refractivity contribution is -0.191. The van der Waals surface area contributed by atoms with Crippen LogP contribution in [0.15, 0.2) is 25.3 Å². The van der Waals surface area contributed by atoms with Gasteiger partial charge in [-0.1, -0.05) is 13.2 Å². The Morgan fingerprint density at radius 3 is 1.40 bits per heavy atom. The smallest absolute Gasteiger partial charge is 0.330 e. The Morgan fingerprint density at radius 2 is 1.10 bits per heavy atom. The first-order valence-electron chi connectivity index (χ1n) is 5.55. The summed E-state index contributed by atoms with van der Waals surface area (Å²) in [5.41, 5.74) is 0. The maximum atomic E-state index is 13.9. The van der Waals surface area contributed by atoms with Crippen molar-refractivity contribution < 1.29 is 36.6 Å². The molecule has 0 saturated heterocycles. The molecule has 4 atom stereocenters. The van der Waals surface area contributed by atoms with Crippen LogP contribution in [0, 0.1) is 0 Å². The van der Waals surface area contributed by atoms with Gasteiger partial charge in [0.2, 0.25) is 0 Å². The van der Waals surface area contributed by atoms with Crippen molar-refractivity contribution in [3.8, 4) is 0 Å². The number of rotatable bonds is 4. The van der Waals surface area contributed by atoms with Gasteiger partial charge in [-0.3, -0.25) is 0 Å². The fraction of sp³-hybridized carbons (Fsp3) is 0.500. The van der Waals surface area contributed by atoms with Crippen LogP contribution in [-0.2, 0) is 19.1 Å². The second kappa shape index (κ2) is 6.53. The van der Waals surface area contributed by atoms with Crippen LogP contribution < -0.4 is 0 Å². The first kappa shape index (κ1) is 16.2. The van der Waals surface area contributed by atoms with E-state index in [4.69, 9.17) is 0 Å². The van der Waals surface area contributed by atoms with E-state index in [9.17, 15) is 27.2 Å². The van der Waals surface area contributed by atoms with Gasteiger partial charge in [-0.2, -0.15) is 0 Å². The van der Waals surface area contributed by atoms with Gasteiger partial charge < -0.3 is 9.47 Å². The molecule has 1 aliphatic carbocycles. The quantitative estimate of drug-likeness (QED) is 0.449. The van der Waals surface area contributed by atoms with Gasteiger partial charge in [-0.15, -0.1) is 0 Å². The van der Waals surface area contributed by atoms with Crippen molar-refractivity contribution in [3.05, 3.63) is 25.3 Å². The van der Waals surface area contributed by atoms with Crippen molar-refractivity contribution in [2.24, 2.45) is 0 Å². The average Bonchev–Trinajstić information content (AvgIpc) is 2.45. The average molecular weight is 296 g/mol. The lowest BCUT2D eigenvalue weighted by Gasteiger charge is -2.38. The minimum absolute atomic E-state index is 0.610. The Labute approximate surface area is 112 Å². The highest BCUT2D eigenvalue weighted by molar-refractivity contribution is 5.82. The molecule has 1 saturated carbocycles. The van der Waals surface area contributed by atoms with E-state index in [-0.39, 0.29) is 0 Å². The Bertz CT molecular complexity index is 378. The van der Waals surface area contributed by atoms with Crippen LogP contribution >= 0.6 is 0 Å². The molecule has 0 aromatic rings. The van der Waals surface area contributed by atoms with Crippen molar-refractivity contribution in [1.82, 2.24) is 0 Å². The minimum atomic E-state index is -2.80. The number of carbonyl (C=O) groups is 2. The Kier molecular flexibility index (Phi) is 5.29. The summed E-state index contributed by atoms with van der Waals surface area (Å²) in [6.45, 7) is 6.01. The molecule has 20 heavy (non-hydrogen) atoms. The Morgan fingerprint density at radius 1 is 0.750 bits per heavy atom. The highest BCUT2D eigenvalue weighted by Crippen LogP contribution is 2.33. The van der Waals surface area contributed by atoms with Crippen LogP contribution in [0.5, 0.6) is 0 Å². The topological polar surface area (TPSA) is 52.6 Å². The highest BCUT2D eigenvalue weighted by Gasteiger charge is 2.56. The van der Waals surface area contributed by atoms with E-state index >= 15 is 0 Å². The number of hydrogen-bond acceptors (Lipinski definition) is 4. The number of hydrogen-bond donors (Lipinski definition) is 0. The normalized spacial score (nSPS) is 36.8. The number of halogens is 4. The number of ether oxygens (including phenoxy) is 2. The van der Waals surface area contributed by atoms with E-state index in [0.29, 0.717) is 12.2 Å². The summed E-state index contributed by atoms with van der Waals surface area (Å²) in [4.78, 5) is 21.9. The molecule has 4 nitrogen and oxygen atoms in total. The predicted molar refractivity (Wildman–Crippen MR) is 59.7 cm³/mol. The monoisotopic (exact) mass is 296 g/mol. The lowest BCUT2D eigenvalue weighted by atomic mass is 9.88. The third-order valence-corrected chi connectivity index (χ3v) is 2.70. The van der Waals surface area contributed by atoms with Gasteiger partial charge in [0.1, 0.15) is 0 Å². The highest BCUT2D eigenvalue weighted by atomic mass is 19.2. The minimum Gasteiger partial charge on any atom is -0.453 e. The summed E-state index contributed by atoms with van der Waals surface area (Å²) < 4.78 is 62.9. The Hall–Kier alpha value is -1.86. The third kappa shape index (κ3) is 3.17. The van der Waals surface area contributed by atoms with Crippen molar-refractivity contribution in [2.45, 2.75) is 36.9 Å². The molecule has 1 rings (SSSR count). The van der Waals surface area contributed by atoms with Gasteiger partial charge >= 0.3 is 11.9 Å². The first-order chi connectivity index (χ1) is 9.33. The van der Waals surface area contributed by atoms with E-state index in [2.05, 4.69) is 22.6 Å². The molecule has 0 aliphatic heterocycles. The van der Waals surface area contributed by atoms with E-state index in [1.807, 2.05) is 0 Å². The maximum Gasteiger partial charge on any atom is 0.330 e. The van der Waals surface area contributed by atoms with Gasteiger partial charge in [0.25, 0.3) is 0 Å². The van der Waals surface area contributed by atoms with Gasteiger partial charge in [-0.05, 0) is 0 Å². The maximum absolute atomic E-state index is 13.9. The molecule has 0 amide bonds. The molecule has 112 valence electrons. The molecule has 0 spiro atoms. The van der Waals surface area contributed by atoms with E-state index in [1.54, 1.807) is 0 Å². The molecule has 0 aromatic heterocycles. The van der Waals surface area contributed by atoms with Gasteiger partial charge in [-0.25, -0.2) is 27.2 Å². The Balaban J connectivity index is 2.95. The van der Waals surface area contributed by atoms with Crippen LogP contribution in [0.4, 0.5) is 17.6 Å². The summed E-state index contributed by atoms with van der Waals surface area (Å²) in [6, 6.07) is 0. The summed E-state index contributed by atoms with van der Waals surface area (Å²) in [7, 11) is 0. The molecule has 0 aromatic carbocycles. The summed E-state index contributed by atoms with van der Waals surface area (Å²) in [5, 5.41) is 0. The number of esters is 2. The lowest BCUT2D eigenvalue weighted by Crippen LogP contribution is -2.60. The molecule has 1 fully saturated rings. The van der Waals surface area contributed by atoms with Crippen LogP contribution in [0.1, 0.15) is 0 Å². The summed E-state index contributed by atoms with van der Waals surface area (Å²) >= 11 is 0. The zero-order valence-electron chi connectivity index (χ0n) is 10.2. The largest absolute Gasteiger partial charge is 0.453 e. The molecular formula is C12H12F4O4. The van der Waals surface area contributed by atoms with Crippen molar-refractivity contribution >= 4 is 11.9 Å². The van der Waals surface area contributed by atoms with Crippen molar-refractivity contribution in [1.29, 1.82) is 0 Å². The molecule has 8 heteroatoms. The van der Waals surface area contributed by atoms with Crippen molar-refractivity contribution in [2.75, 3.05) is 0 Å². The van der Waals surface area contributed by atoms with E-state index < -0.39 is 48.8 Å². The summed E-state index contributed by atoms with van der Waals surface area (Å²) in [5.74, 6) is -2.42. The first-order valence-corrected chi connectivity index (χ1v) is 5.55.